The summed E-state index contributed by atoms with van der Waals surface area (Å²) >= 11 is 0. The predicted molar refractivity (Wildman–Crippen MR) is 67.8 cm³/mol. The molecular weight excluding hydrogens is 212 g/mol. The Morgan fingerprint density at radius 2 is 2.00 bits per heavy atom. The lowest BCUT2D eigenvalue weighted by atomic mass is 9.88. The average Bonchev–Trinajstić information content (AvgIpc) is 2.33. The largest absolute Gasteiger partial charge is 0.391 e. The van der Waals surface area contributed by atoms with Crippen molar-refractivity contribution in [2.45, 2.75) is 38.3 Å². The van der Waals surface area contributed by atoms with Crippen LogP contribution in [0.1, 0.15) is 32.3 Å². The fourth-order valence-electron chi connectivity index (χ4n) is 2.37. The summed E-state index contributed by atoms with van der Waals surface area (Å²) in [5.41, 5.74) is 1.81. The molecule has 3 heteroatoms. The van der Waals surface area contributed by atoms with Gasteiger partial charge in [-0.3, -0.25) is 0 Å². The summed E-state index contributed by atoms with van der Waals surface area (Å²) in [5, 5.41) is 18.6. The number of rotatable bonds is 1. The number of piperidine rings is 1. The van der Waals surface area contributed by atoms with E-state index in [2.05, 4.69) is 24.8 Å². The zero-order chi connectivity index (χ0) is 12.5. The number of β-amino-alcohol motifs (C(OH)–C–C–N with tert-alkyl or cyclic N) is 1. The van der Waals surface area contributed by atoms with E-state index in [-0.39, 0.29) is 11.6 Å². The molecule has 0 aliphatic carbocycles. The van der Waals surface area contributed by atoms with Gasteiger partial charge in [0.25, 0.3) is 0 Å². The van der Waals surface area contributed by atoms with Crippen LogP contribution in [-0.4, -0.2) is 23.3 Å². The van der Waals surface area contributed by atoms with Crippen molar-refractivity contribution in [3.63, 3.8) is 0 Å². The topological polar surface area (TPSA) is 47.3 Å². The number of nitrogens with zero attached hydrogens (tertiary/aromatic N) is 2. The maximum Gasteiger partial charge on any atom is 0.0991 e. The minimum Gasteiger partial charge on any atom is -0.391 e. The SMILES string of the molecule is CC1(C)CCC(O)CN1c1ccc(C#N)cc1. The fourth-order valence-corrected chi connectivity index (χ4v) is 2.37. The molecule has 1 aromatic rings. The molecule has 1 aliphatic rings. The second-order valence-corrected chi connectivity index (χ2v) is 5.27. The molecule has 2 rings (SSSR count). The first-order valence-corrected chi connectivity index (χ1v) is 5.99. The smallest absolute Gasteiger partial charge is 0.0991 e. The van der Waals surface area contributed by atoms with Gasteiger partial charge in [0.1, 0.15) is 0 Å². The highest BCUT2D eigenvalue weighted by Crippen LogP contribution is 2.32. The lowest BCUT2D eigenvalue weighted by molar-refractivity contribution is 0.126. The number of aliphatic hydroxyl groups excluding tert-OH is 1. The van der Waals surface area contributed by atoms with Crippen molar-refractivity contribution in [3.05, 3.63) is 29.8 Å². The van der Waals surface area contributed by atoms with Crippen molar-refractivity contribution in [1.29, 1.82) is 5.26 Å². The molecular formula is C14H18N2O. The molecule has 1 N–H and O–H groups in total. The molecule has 0 bridgehead atoms. The molecule has 1 unspecified atom stereocenters. The number of hydrogen-bond acceptors (Lipinski definition) is 3. The van der Waals surface area contributed by atoms with Crippen LogP contribution in [0.25, 0.3) is 0 Å². The molecule has 1 heterocycles. The molecule has 0 spiro atoms. The Kier molecular flexibility index (Phi) is 3.08. The Labute approximate surface area is 102 Å². The molecule has 3 nitrogen and oxygen atoms in total. The van der Waals surface area contributed by atoms with Gasteiger partial charge in [-0.05, 0) is 51.0 Å². The quantitative estimate of drug-likeness (QED) is 0.805. The molecule has 0 saturated carbocycles. The van der Waals surface area contributed by atoms with Crippen LogP contribution >= 0.6 is 0 Å². The first-order valence-electron chi connectivity index (χ1n) is 5.99. The van der Waals surface area contributed by atoms with Gasteiger partial charge >= 0.3 is 0 Å². The van der Waals surface area contributed by atoms with Gasteiger partial charge < -0.3 is 10.0 Å². The predicted octanol–water partition coefficient (Wildman–Crippen LogP) is 2.30. The van der Waals surface area contributed by atoms with Gasteiger partial charge in [-0.15, -0.1) is 0 Å². The second kappa shape index (κ2) is 4.38. The van der Waals surface area contributed by atoms with Gasteiger partial charge in [0.2, 0.25) is 0 Å². The molecule has 1 aromatic carbocycles. The van der Waals surface area contributed by atoms with Crippen LogP contribution < -0.4 is 4.90 Å². The number of aliphatic hydroxyl groups is 1. The van der Waals surface area contributed by atoms with Crippen LogP contribution in [0.3, 0.4) is 0 Å². The van der Waals surface area contributed by atoms with E-state index in [0.717, 1.165) is 18.5 Å². The minimum atomic E-state index is -0.251. The van der Waals surface area contributed by atoms with Gasteiger partial charge in [-0.2, -0.15) is 5.26 Å². The highest BCUT2D eigenvalue weighted by atomic mass is 16.3. The van der Waals surface area contributed by atoms with Crippen LogP contribution in [0.2, 0.25) is 0 Å². The molecule has 1 fully saturated rings. The third-order valence-electron chi connectivity index (χ3n) is 3.52. The number of hydrogen-bond donors (Lipinski definition) is 1. The fraction of sp³-hybridized carbons (Fsp3) is 0.500. The van der Waals surface area contributed by atoms with E-state index in [9.17, 15) is 5.11 Å². The summed E-state index contributed by atoms with van der Waals surface area (Å²) in [6, 6.07) is 9.68. The minimum absolute atomic E-state index is 0.0629. The van der Waals surface area contributed by atoms with Crippen molar-refractivity contribution in [1.82, 2.24) is 0 Å². The van der Waals surface area contributed by atoms with Gasteiger partial charge in [-0.25, -0.2) is 0 Å². The summed E-state index contributed by atoms with van der Waals surface area (Å²) in [6.07, 6.45) is 1.59. The Hall–Kier alpha value is -1.53. The average molecular weight is 230 g/mol. The summed E-state index contributed by atoms with van der Waals surface area (Å²) in [5.74, 6) is 0. The summed E-state index contributed by atoms with van der Waals surface area (Å²) in [6.45, 7) is 5.05. The van der Waals surface area contributed by atoms with Gasteiger partial charge in [-0.1, -0.05) is 0 Å². The molecule has 0 amide bonds. The third kappa shape index (κ3) is 2.42. The lowest BCUT2D eigenvalue weighted by Gasteiger charge is -2.46. The van der Waals surface area contributed by atoms with E-state index in [0.29, 0.717) is 12.1 Å². The molecule has 1 saturated heterocycles. The van der Waals surface area contributed by atoms with E-state index >= 15 is 0 Å². The molecule has 1 aliphatic heterocycles. The number of nitriles is 1. The first kappa shape index (κ1) is 11.9. The Morgan fingerprint density at radius 3 is 2.59 bits per heavy atom. The summed E-state index contributed by atoms with van der Waals surface area (Å²) in [7, 11) is 0. The third-order valence-corrected chi connectivity index (χ3v) is 3.52. The molecule has 0 radical (unpaired) electrons. The number of benzene rings is 1. The van der Waals surface area contributed by atoms with Crippen molar-refractivity contribution in [2.24, 2.45) is 0 Å². The Balaban J connectivity index is 2.27. The molecule has 1 atom stereocenters. The van der Waals surface area contributed by atoms with Crippen LogP contribution in [0.4, 0.5) is 5.69 Å². The molecule has 90 valence electrons. The maximum absolute atomic E-state index is 9.78. The molecule has 0 aromatic heterocycles. The zero-order valence-electron chi connectivity index (χ0n) is 10.3. The van der Waals surface area contributed by atoms with Crippen molar-refractivity contribution >= 4 is 5.69 Å². The monoisotopic (exact) mass is 230 g/mol. The standard InChI is InChI=1S/C14H18N2O/c1-14(2)8-7-13(17)10-16(14)12-5-3-11(9-15)4-6-12/h3-6,13,17H,7-8,10H2,1-2H3. The van der Waals surface area contributed by atoms with Gasteiger partial charge in [0.05, 0.1) is 17.7 Å². The number of anilines is 1. The van der Waals surface area contributed by atoms with Crippen LogP contribution in [0, 0.1) is 11.3 Å². The van der Waals surface area contributed by atoms with Gasteiger partial charge in [0, 0.05) is 17.8 Å². The van der Waals surface area contributed by atoms with Crippen molar-refractivity contribution in [3.8, 4) is 6.07 Å². The second-order valence-electron chi connectivity index (χ2n) is 5.27. The van der Waals surface area contributed by atoms with E-state index in [1.807, 2.05) is 24.3 Å². The van der Waals surface area contributed by atoms with E-state index in [1.165, 1.54) is 0 Å². The highest BCUT2D eigenvalue weighted by molar-refractivity contribution is 5.52. The Morgan fingerprint density at radius 1 is 1.35 bits per heavy atom. The normalized spacial score (nSPS) is 23.2. The van der Waals surface area contributed by atoms with E-state index in [4.69, 9.17) is 5.26 Å². The molecule has 17 heavy (non-hydrogen) atoms. The van der Waals surface area contributed by atoms with E-state index < -0.39 is 0 Å². The summed E-state index contributed by atoms with van der Waals surface area (Å²) < 4.78 is 0. The van der Waals surface area contributed by atoms with Crippen molar-refractivity contribution < 1.29 is 5.11 Å². The van der Waals surface area contributed by atoms with Crippen LogP contribution in [0.15, 0.2) is 24.3 Å². The zero-order valence-corrected chi connectivity index (χ0v) is 10.3. The van der Waals surface area contributed by atoms with E-state index in [1.54, 1.807) is 0 Å². The Bertz CT molecular complexity index is 431. The van der Waals surface area contributed by atoms with Crippen LogP contribution in [-0.2, 0) is 0 Å². The first-order chi connectivity index (χ1) is 8.03. The lowest BCUT2D eigenvalue weighted by Crippen LogP contribution is -2.52. The highest BCUT2D eigenvalue weighted by Gasteiger charge is 2.33. The maximum atomic E-state index is 9.78. The van der Waals surface area contributed by atoms with Gasteiger partial charge in [0.15, 0.2) is 0 Å². The van der Waals surface area contributed by atoms with Crippen LogP contribution in [0.5, 0.6) is 0 Å². The summed E-state index contributed by atoms with van der Waals surface area (Å²) in [4.78, 5) is 2.22. The van der Waals surface area contributed by atoms with Crippen molar-refractivity contribution in [2.75, 3.05) is 11.4 Å².